The summed E-state index contributed by atoms with van der Waals surface area (Å²) in [6.07, 6.45) is 1.31. The van der Waals surface area contributed by atoms with Gasteiger partial charge in [-0.2, -0.15) is 5.10 Å². The Morgan fingerprint density at radius 3 is 2.76 bits per heavy atom. The second-order valence-corrected chi connectivity index (χ2v) is 4.93. The van der Waals surface area contributed by atoms with Crippen LogP contribution < -0.4 is 20.2 Å². The van der Waals surface area contributed by atoms with Gasteiger partial charge in [0.15, 0.2) is 16.6 Å². The van der Waals surface area contributed by atoms with Gasteiger partial charge in [-0.3, -0.25) is 15.5 Å². The maximum atomic E-state index is 11.1. The summed E-state index contributed by atoms with van der Waals surface area (Å²) in [7, 11) is 0. The first kappa shape index (κ1) is 15.0. The number of hydrazone groups is 1. The number of rotatable bonds is 4. The molecule has 0 fully saturated rings. The molecule has 2 N–H and O–H groups in total. The van der Waals surface area contributed by atoms with E-state index in [1.807, 2.05) is 13.8 Å². The van der Waals surface area contributed by atoms with E-state index >= 15 is 0 Å². The van der Waals surface area contributed by atoms with Gasteiger partial charge in [-0.1, -0.05) is 0 Å². The first-order chi connectivity index (χ1) is 9.97. The topological polar surface area (TPSA) is 98.0 Å². The molecule has 1 aromatic carbocycles. The summed E-state index contributed by atoms with van der Waals surface area (Å²) in [4.78, 5) is 10.5. The average Bonchev–Trinajstić information content (AvgIpc) is 2.83. The van der Waals surface area contributed by atoms with Crippen molar-refractivity contribution in [1.82, 2.24) is 10.7 Å². The number of fused-ring (bicyclic) bond motifs is 1. The van der Waals surface area contributed by atoms with Crippen molar-refractivity contribution in [2.24, 2.45) is 5.10 Å². The van der Waals surface area contributed by atoms with E-state index in [4.69, 9.17) is 21.7 Å². The van der Waals surface area contributed by atoms with Gasteiger partial charge in [-0.05, 0) is 32.1 Å². The maximum absolute atomic E-state index is 11.1. The minimum Gasteiger partial charge on any atom is -0.454 e. The van der Waals surface area contributed by atoms with E-state index in [9.17, 15) is 10.1 Å². The number of hydrogen-bond donors (Lipinski definition) is 2. The van der Waals surface area contributed by atoms with E-state index in [0.29, 0.717) is 22.2 Å². The third-order valence-electron chi connectivity index (χ3n) is 2.51. The van der Waals surface area contributed by atoms with E-state index in [-0.39, 0.29) is 18.5 Å². The van der Waals surface area contributed by atoms with Crippen molar-refractivity contribution in [1.29, 1.82) is 0 Å². The Morgan fingerprint density at radius 2 is 2.14 bits per heavy atom. The Morgan fingerprint density at radius 1 is 1.48 bits per heavy atom. The lowest BCUT2D eigenvalue weighted by atomic mass is 10.1. The molecule has 0 bridgehead atoms. The lowest BCUT2D eigenvalue weighted by Crippen LogP contribution is -2.36. The third-order valence-corrected chi connectivity index (χ3v) is 2.72. The van der Waals surface area contributed by atoms with E-state index in [0.717, 1.165) is 0 Å². The van der Waals surface area contributed by atoms with Gasteiger partial charge in [0.25, 0.3) is 5.69 Å². The summed E-state index contributed by atoms with van der Waals surface area (Å²) >= 11 is 4.99. The highest BCUT2D eigenvalue weighted by Crippen LogP contribution is 2.37. The zero-order valence-electron chi connectivity index (χ0n) is 11.5. The van der Waals surface area contributed by atoms with Crippen molar-refractivity contribution < 1.29 is 14.4 Å². The van der Waals surface area contributed by atoms with Crippen molar-refractivity contribution in [3.8, 4) is 11.5 Å². The van der Waals surface area contributed by atoms with Crippen LogP contribution in [-0.4, -0.2) is 29.1 Å². The largest absolute Gasteiger partial charge is 0.454 e. The molecule has 0 spiro atoms. The molecule has 0 radical (unpaired) electrons. The molecule has 1 aromatic rings. The summed E-state index contributed by atoms with van der Waals surface area (Å²) in [5, 5.41) is 18.2. The van der Waals surface area contributed by atoms with Gasteiger partial charge in [0, 0.05) is 6.04 Å². The monoisotopic (exact) mass is 310 g/mol. The lowest BCUT2D eigenvalue weighted by molar-refractivity contribution is -0.385. The predicted octanol–water partition coefficient (Wildman–Crippen LogP) is 1.53. The molecular formula is C12H14N4O4S. The van der Waals surface area contributed by atoms with Crippen molar-refractivity contribution in [2.75, 3.05) is 6.79 Å². The third kappa shape index (κ3) is 3.78. The van der Waals surface area contributed by atoms with Gasteiger partial charge < -0.3 is 14.8 Å². The molecule has 1 aliphatic rings. The van der Waals surface area contributed by atoms with Gasteiger partial charge in [0.1, 0.15) is 0 Å². The Hall–Kier alpha value is -2.42. The number of ether oxygens (including phenoxy) is 2. The Labute approximate surface area is 126 Å². The molecule has 2 rings (SSSR count). The van der Waals surface area contributed by atoms with Crippen LogP contribution in [0.5, 0.6) is 11.5 Å². The fraction of sp³-hybridized carbons (Fsp3) is 0.333. The molecule has 0 saturated heterocycles. The summed E-state index contributed by atoms with van der Waals surface area (Å²) in [6, 6.07) is 2.99. The molecule has 0 aliphatic carbocycles. The number of thiocarbonyl (C=S) groups is 1. The first-order valence-corrected chi connectivity index (χ1v) is 6.56. The second kappa shape index (κ2) is 6.35. The maximum Gasteiger partial charge on any atom is 0.282 e. The molecule has 0 amide bonds. The van der Waals surface area contributed by atoms with Gasteiger partial charge in [0.2, 0.25) is 6.79 Å². The van der Waals surface area contributed by atoms with Crippen LogP contribution in [-0.2, 0) is 0 Å². The Bertz CT molecular complexity index is 603. The normalized spacial score (nSPS) is 12.7. The smallest absolute Gasteiger partial charge is 0.282 e. The summed E-state index contributed by atoms with van der Waals surface area (Å²) in [5.41, 5.74) is 2.77. The number of benzene rings is 1. The summed E-state index contributed by atoms with van der Waals surface area (Å²) in [5.74, 6) is 0.800. The number of nitrogens with one attached hydrogen (secondary N) is 2. The molecule has 9 heteroatoms. The van der Waals surface area contributed by atoms with Crippen LogP contribution in [0.1, 0.15) is 19.4 Å². The van der Waals surface area contributed by atoms with Crippen LogP contribution in [0.25, 0.3) is 0 Å². The van der Waals surface area contributed by atoms with Crippen molar-refractivity contribution in [3.05, 3.63) is 27.8 Å². The second-order valence-electron chi connectivity index (χ2n) is 4.52. The van der Waals surface area contributed by atoms with Crippen LogP contribution in [0, 0.1) is 10.1 Å². The number of hydrogen-bond acceptors (Lipinski definition) is 6. The van der Waals surface area contributed by atoms with Gasteiger partial charge in [-0.15, -0.1) is 0 Å². The van der Waals surface area contributed by atoms with Crippen molar-refractivity contribution >= 4 is 29.2 Å². The molecule has 0 aromatic heterocycles. The van der Waals surface area contributed by atoms with Crippen molar-refractivity contribution in [3.63, 3.8) is 0 Å². The van der Waals surface area contributed by atoms with Crippen LogP contribution in [0.4, 0.5) is 5.69 Å². The standard InChI is InChI=1S/C12H14N4O4S/c1-7(2)14-12(21)15-13-5-8-3-10-11(20-6-19-10)4-9(8)16(17)18/h3-5,7H,6H2,1-2H3,(H2,14,15,21)/b13-5-. The molecule has 0 saturated carbocycles. The van der Waals surface area contributed by atoms with Gasteiger partial charge in [-0.25, -0.2) is 0 Å². The highest BCUT2D eigenvalue weighted by molar-refractivity contribution is 7.80. The number of nitrogens with zero attached hydrogens (tertiary/aromatic N) is 2. The summed E-state index contributed by atoms with van der Waals surface area (Å²) in [6.45, 7) is 3.91. The quantitative estimate of drug-likeness (QED) is 0.376. The zero-order chi connectivity index (χ0) is 15.4. The Kier molecular flexibility index (Phi) is 4.53. The summed E-state index contributed by atoms with van der Waals surface area (Å²) < 4.78 is 10.3. The van der Waals surface area contributed by atoms with E-state index in [1.54, 1.807) is 0 Å². The van der Waals surface area contributed by atoms with E-state index in [2.05, 4.69) is 15.8 Å². The molecule has 112 valence electrons. The van der Waals surface area contributed by atoms with Crippen LogP contribution in [0.3, 0.4) is 0 Å². The van der Waals surface area contributed by atoms with Crippen LogP contribution >= 0.6 is 12.2 Å². The predicted molar refractivity (Wildman–Crippen MR) is 80.8 cm³/mol. The first-order valence-electron chi connectivity index (χ1n) is 6.15. The molecular weight excluding hydrogens is 296 g/mol. The highest BCUT2D eigenvalue weighted by atomic mass is 32.1. The molecule has 0 unspecified atom stereocenters. The molecule has 8 nitrogen and oxygen atoms in total. The molecule has 21 heavy (non-hydrogen) atoms. The van der Waals surface area contributed by atoms with E-state index < -0.39 is 4.92 Å². The number of nitro groups is 1. The van der Waals surface area contributed by atoms with Crippen molar-refractivity contribution in [2.45, 2.75) is 19.9 Å². The SMILES string of the molecule is CC(C)NC(=S)N/N=C\c1cc2c(cc1[N+](=O)[O-])OCO2. The highest BCUT2D eigenvalue weighted by Gasteiger charge is 2.22. The Balaban J connectivity index is 2.15. The van der Waals surface area contributed by atoms with Gasteiger partial charge >= 0.3 is 0 Å². The molecule has 1 heterocycles. The minimum absolute atomic E-state index is 0.0493. The molecule has 0 atom stereocenters. The minimum atomic E-state index is -0.506. The average molecular weight is 310 g/mol. The van der Waals surface area contributed by atoms with Gasteiger partial charge in [0.05, 0.1) is 22.8 Å². The van der Waals surface area contributed by atoms with Crippen LogP contribution in [0.2, 0.25) is 0 Å². The fourth-order valence-corrected chi connectivity index (χ4v) is 1.95. The van der Waals surface area contributed by atoms with E-state index in [1.165, 1.54) is 18.3 Å². The van der Waals surface area contributed by atoms with Crippen LogP contribution in [0.15, 0.2) is 17.2 Å². The number of nitro benzene ring substituents is 1. The molecule has 1 aliphatic heterocycles. The lowest BCUT2D eigenvalue weighted by Gasteiger charge is -2.09. The fourth-order valence-electron chi connectivity index (χ4n) is 1.66. The zero-order valence-corrected chi connectivity index (χ0v) is 12.3.